The maximum atomic E-state index is 12.7. The molecule has 0 saturated carbocycles. The quantitative estimate of drug-likeness (QED) is 0.900. The van der Waals surface area contributed by atoms with E-state index in [4.69, 9.17) is 5.73 Å². The smallest absolute Gasteiger partial charge is 0.367 e. The van der Waals surface area contributed by atoms with Gasteiger partial charge < -0.3 is 11.1 Å². The van der Waals surface area contributed by atoms with Crippen molar-refractivity contribution in [1.82, 2.24) is 4.98 Å². The first-order valence-corrected chi connectivity index (χ1v) is 7.25. The molecule has 4 nitrogen and oxygen atoms in total. The Morgan fingerprint density at radius 1 is 1.35 bits per heavy atom. The predicted molar refractivity (Wildman–Crippen MR) is 71.7 cm³/mol. The second-order valence-corrected chi connectivity index (χ2v) is 5.71. The summed E-state index contributed by atoms with van der Waals surface area (Å²) >= 11 is 1.80. The van der Waals surface area contributed by atoms with Crippen LogP contribution in [0.25, 0.3) is 0 Å². The van der Waals surface area contributed by atoms with Crippen molar-refractivity contribution in [2.45, 2.75) is 25.1 Å². The average Bonchev–Trinajstić information content (AvgIpc) is 2.38. The number of pyridine rings is 1. The van der Waals surface area contributed by atoms with E-state index in [1.54, 1.807) is 11.8 Å². The molecule has 0 aliphatic carbocycles. The monoisotopic (exact) mass is 305 g/mol. The van der Waals surface area contributed by atoms with Crippen molar-refractivity contribution < 1.29 is 18.0 Å². The van der Waals surface area contributed by atoms with E-state index >= 15 is 0 Å². The van der Waals surface area contributed by atoms with E-state index in [0.717, 1.165) is 36.5 Å². The lowest BCUT2D eigenvalue weighted by atomic mass is 10.1. The molecule has 1 aromatic heterocycles. The number of carbonyl (C=O) groups is 1. The van der Waals surface area contributed by atoms with E-state index in [-0.39, 0.29) is 17.4 Å². The highest BCUT2D eigenvalue weighted by Crippen LogP contribution is 2.30. The fraction of sp³-hybridized carbons (Fsp3) is 0.500. The van der Waals surface area contributed by atoms with E-state index in [9.17, 15) is 18.0 Å². The number of nitrogens with one attached hydrogen (secondary N) is 1. The summed E-state index contributed by atoms with van der Waals surface area (Å²) in [5, 5.41) is 2.92. The summed E-state index contributed by atoms with van der Waals surface area (Å²) in [5.74, 6) is 0.994. The Hall–Kier alpha value is -1.44. The van der Waals surface area contributed by atoms with Crippen LogP contribution in [-0.4, -0.2) is 28.4 Å². The molecule has 1 aromatic rings. The number of anilines is 1. The third-order valence-electron chi connectivity index (χ3n) is 3.01. The van der Waals surface area contributed by atoms with E-state index in [0.29, 0.717) is 0 Å². The van der Waals surface area contributed by atoms with Crippen molar-refractivity contribution in [2.24, 2.45) is 5.73 Å². The lowest BCUT2D eigenvalue weighted by molar-refractivity contribution is -0.141. The standard InChI is InChI=1S/C12H14F3N3OS/c13-12(14,15)9-2-1-8(10(16)19)11(18-9)17-7-3-5-20-6-4-7/h1-2,7H,3-6H2,(H2,16,19)(H,17,18). The van der Waals surface area contributed by atoms with Crippen molar-refractivity contribution in [3.63, 3.8) is 0 Å². The number of carbonyl (C=O) groups excluding carboxylic acids is 1. The maximum Gasteiger partial charge on any atom is 0.433 e. The summed E-state index contributed by atoms with van der Waals surface area (Å²) in [5.41, 5.74) is 4.12. The second kappa shape index (κ2) is 5.90. The summed E-state index contributed by atoms with van der Waals surface area (Å²) in [4.78, 5) is 14.8. The molecule has 0 unspecified atom stereocenters. The van der Waals surface area contributed by atoms with Crippen LogP contribution in [0.2, 0.25) is 0 Å². The zero-order valence-corrected chi connectivity index (χ0v) is 11.4. The van der Waals surface area contributed by atoms with Crippen LogP contribution in [0.15, 0.2) is 12.1 Å². The lowest BCUT2D eigenvalue weighted by Gasteiger charge is -2.24. The Morgan fingerprint density at radius 2 is 2.00 bits per heavy atom. The number of halogens is 3. The summed E-state index contributed by atoms with van der Waals surface area (Å²) in [6.45, 7) is 0. The molecular weight excluding hydrogens is 291 g/mol. The average molecular weight is 305 g/mol. The molecule has 1 fully saturated rings. The molecule has 1 aliphatic heterocycles. The summed E-state index contributed by atoms with van der Waals surface area (Å²) < 4.78 is 38.0. The number of thioether (sulfide) groups is 1. The summed E-state index contributed by atoms with van der Waals surface area (Å²) in [6.07, 6.45) is -2.91. The van der Waals surface area contributed by atoms with E-state index in [2.05, 4.69) is 10.3 Å². The Balaban J connectivity index is 2.29. The fourth-order valence-corrected chi connectivity index (χ4v) is 3.07. The van der Waals surface area contributed by atoms with Gasteiger partial charge in [0, 0.05) is 6.04 Å². The van der Waals surface area contributed by atoms with Gasteiger partial charge in [-0.2, -0.15) is 24.9 Å². The van der Waals surface area contributed by atoms with Crippen LogP contribution in [0.3, 0.4) is 0 Å². The highest BCUT2D eigenvalue weighted by molar-refractivity contribution is 7.99. The Bertz CT molecular complexity index is 501. The molecule has 0 atom stereocenters. The number of primary amides is 1. The minimum Gasteiger partial charge on any atom is -0.367 e. The molecular formula is C12H14F3N3OS. The molecule has 2 heterocycles. The van der Waals surface area contributed by atoms with Gasteiger partial charge >= 0.3 is 6.18 Å². The minimum absolute atomic E-state index is 0.0174. The third kappa shape index (κ3) is 3.56. The number of amides is 1. The number of alkyl halides is 3. The number of hydrogen-bond donors (Lipinski definition) is 2. The van der Waals surface area contributed by atoms with E-state index < -0.39 is 17.8 Å². The van der Waals surface area contributed by atoms with Crippen LogP contribution in [0.4, 0.5) is 19.0 Å². The van der Waals surface area contributed by atoms with Crippen molar-refractivity contribution in [3.8, 4) is 0 Å². The summed E-state index contributed by atoms with van der Waals surface area (Å²) in [7, 11) is 0. The molecule has 110 valence electrons. The first-order valence-electron chi connectivity index (χ1n) is 6.10. The third-order valence-corrected chi connectivity index (χ3v) is 4.06. The fourth-order valence-electron chi connectivity index (χ4n) is 1.96. The SMILES string of the molecule is NC(=O)c1ccc(C(F)(F)F)nc1NC1CCSCC1. The van der Waals surface area contributed by atoms with Gasteiger partial charge in [-0.1, -0.05) is 0 Å². The van der Waals surface area contributed by atoms with Gasteiger partial charge in [-0.3, -0.25) is 4.79 Å². The molecule has 3 N–H and O–H groups in total. The lowest BCUT2D eigenvalue weighted by Crippen LogP contribution is -2.27. The Morgan fingerprint density at radius 3 is 2.55 bits per heavy atom. The van der Waals surface area contributed by atoms with Crippen molar-refractivity contribution >= 4 is 23.5 Å². The first kappa shape index (κ1) is 15.0. The molecule has 2 rings (SSSR count). The normalized spacial score (nSPS) is 16.9. The molecule has 1 aliphatic rings. The van der Waals surface area contributed by atoms with Gasteiger partial charge in [0.05, 0.1) is 5.56 Å². The van der Waals surface area contributed by atoms with Gasteiger partial charge in [0.1, 0.15) is 11.5 Å². The predicted octanol–water partition coefficient (Wildman–Crippen LogP) is 2.51. The highest BCUT2D eigenvalue weighted by Gasteiger charge is 2.33. The molecule has 1 amide bonds. The molecule has 1 saturated heterocycles. The van der Waals surface area contributed by atoms with Crippen LogP contribution in [0, 0.1) is 0 Å². The number of rotatable bonds is 3. The van der Waals surface area contributed by atoms with E-state index in [1.165, 1.54) is 0 Å². The van der Waals surface area contributed by atoms with Crippen LogP contribution in [0.5, 0.6) is 0 Å². The van der Waals surface area contributed by atoms with Gasteiger partial charge in [-0.25, -0.2) is 4.98 Å². The Kier molecular flexibility index (Phi) is 4.42. The number of nitrogens with two attached hydrogens (primary N) is 1. The van der Waals surface area contributed by atoms with Crippen molar-refractivity contribution in [3.05, 3.63) is 23.4 Å². The zero-order valence-electron chi connectivity index (χ0n) is 10.5. The highest BCUT2D eigenvalue weighted by atomic mass is 32.2. The molecule has 0 spiro atoms. The van der Waals surface area contributed by atoms with Gasteiger partial charge in [0.15, 0.2) is 0 Å². The van der Waals surface area contributed by atoms with E-state index in [1.807, 2.05) is 0 Å². The minimum atomic E-state index is -4.55. The molecule has 8 heteroatoms. The van der Waals surface area contributed by atoms with Gasteiger partial charge in [0.25, 0.3) is 5.91 Å². The second-order valence-electron chi connectivity index (χ2n) is 4.49. The van der Waals surface area contributed by atoms with Gasteiger partial charge in [-0.05, 0) is 36.5 Å². The van der Waals surface area contributed by atoms with Gasteiger partial charge in [0.2, 0.25) is 0 Å². The zero-order chi connectivity index (χ0) is 14.8. The molecule has 0 radical (unpaired) electrons. The van der Waals surface area contributed by atoms with Crippen LogP contribution >= 0.6 is 11.8 Å². The summed E-state index contributed by atoms with van der Waals surface area (Å²) in [6, 6.07) is 1.85. The Labute approximate surface area is 118 Å². The topological polar surface area (TPSA) is 68.0 Å². The van der Waals surface area contributed by atoms with Crippen molar-refractivity contribution in [1.29, 1.82) is 0 Å². The van der Waals surface area contributed by atoms with Crippen molar-refractivity contribution in [2.75, 3.05) is 16.8 Å². The number of hydrogen-bond acceptors (Lipinski definition) is 4. The molecule has 0 bridgehead atoms. The van der Waals surface area contributed by atoms with Crippen LogP contribution < -0.4 is 11.1 Å². The van der Waals surface area contributed by atoms with Crippen LogP contribution in [-0.2, 0) is 6.18 Å². The molecule has 20 heavy (non-hydrogen) atoms. The van der Waals surface area contributed by atoms with Crippen LogP contribution in [0.1, 0.15) is 28.9 Å². The van der Waals surface area contributed by atoms with Gasteiger partial charge in [-0.15, -0.1) is 0 Å². The number of aromatic nitrogens is 1. The maximum absolute atomic E-state index is 12.7. The largest absolute Gasteiger partial charge is 0.433 e. The first-order chi connectivity index (χ1) is 9.38. The number of nitrogens with zero attached hydrogens (tertiary/aromatic N) is 1. The molecule has 0 aromatic carbocycles.